The summed E-state index contributed by atoms with van der Waals surface area (Å²) in [6, 6.07) is 10.7. The molecule has 1 aromatic carbocycles. The first-order valence-electron chi connectivity index (χ1n) is 11.3. The van der Waals surface area contributed by atoms with E-state index in [0.717, 1.165) is 65.3 Å². The minimum atomic E-state index is -0.0223. The van der Waals surface area contributed by atoms with E-state index >= 15 is 0 Å². The minimum Gasteiger partial charge on any atom is -0.362 e. The molecule has 1 aliphatic rings. The average Bonchev–Trinajstić information content (AvgIpc) is 3.22. The molecule has 0 aliphatic carbocycles. The summed E-state index contributed by atoms with van der Waals surface area (Å²) in [6.07, 6.45) is 3.07. The Balaban J connectivity index is 1.71. The number of hydrogen-bond donors (Lipinski definition) is 1. The van der Waals surface area contributed by atoms with Gasteiger partial charge in [-0.2, -0.15) is 10.4 Å². The second-order valence-corrected chi connectivity index (χ2v) is 8.71. The van der Waals surface area contributed by atoms with E-state index in [2.05, 4.69) is 64.4 Å². The van der Waals surface area contributed by atoms with Gasteiger partial charge in [0.2, 0.25) is 0 Å². The number of rotatable bonds is 6. The van der Waals surface area contributed by atoms with Crippen molar-refractivity contribution in [3.63, 3.8) is 0 Å². The molecule has 1 fully saturated rings. The maximum Gasteiger partial charge on any atom is 0.157 e. The summed E-state index contributed by atoms with van der Waals surface area (Å²) in [5.74, 6) is 1.72. The van der Waals surface area contributed by atoms with Crippen LogP contribution in [0, 0.1) is 25.2 Å². The van der Waals surface area contributed by atoms with Gasteiger partial charge < -0.3 is 15.1 Å². The lowest BCUT2D eigenvalue weighted by Gasteiger charge is -2.29. The zero-order chi connectivity index (χ0) is 22.8. The fourth-order valence-electron chi connectivity index (χ4n) is 4.72. The smallest absolute Gasteiger partial charge is 0.157 e. The van der Waals surface area contributed by atoms with Crippen LogP contribution in [0.25, 0.3) is 10.8 Å². The Hall–Kier alpha value is -3.24. The van der Waals surface area contributed by atoms with E-state index in [9.17, 15) is 5.26 Å². The molecule has 0 saturated carbocycles. The Morgan fingerprint density at radius 1 is 1.28 bits per heavy atom. The van der Waals surface area contributed by atoms with E-state index < -0.39 is 0 Å². The molecule has 0 spiro atoms. The molecule has 2 atom stereocenters. The van der Waals surface area contributed by atoms with E-state index in [1.807, 2.05) is 32.2 Å². The van der Waals surface area contributed by atoms with E-state index in [4.69, 9.17) is 4.98 Å². The molecule has 3 heterocycles. The summed E-state index contributed by atoms with van der Waals surface area (Å²) in [7, 11) is 2.17. The molecule has 7 heteroatoms. The third-order valence-electron chi connectivity index (χ3n) is 6.59. The first-order valence-corrected chi connectivity index (χ1v) is 11.3. The second kappa shape index (κ2) is 9.09. The molecular weight excluding hydrogens is 398 g/mol. The van der Waals surface area contributed by atoms with Crippen LogP contribution in [0.4, 0.5) is 11.6 Å². The van der Waals surface area contributed by atoms with Gasteiger partial charge in [0.15, 0.2) is 5.82 Å². The van der Waals surface area contributed by atoms with Gasteiger partial charge in [-0.25, -0.2) is 4.98 Å². The highest BCUT2D eigenvalue weighted by atomic mass is 15.3. The van der Waals surface area contributed by atoms with Gasteiger partial charge in [0.05, 0.1) is 23.4 Å². The lowest BCUT2D eigenvalue weighted by Crippen LogP contribution is -2.37. The third kappa shape index (κ3) is 4.11. The van der Waals surface area contributed by atoms with E-state index in [1.165, 1.54) is 0 Å². The molecule has 1 aliphatic heterocycles. The normalized spacial score (nSPS) is 17.3. The van der Waals surface area contributed by atoms with Crippen molar-refractivity contribution in [1.82, 2.24) is 20.1 Å². The van der Waals surface area contributed by atoms with Crippen molar-refractivity contribution in [1.29, 1.82) is 5.26 Å². The number of nitrogens with zero attached hydrogens (tertiary/aromatic N) is 6. The van der Waals surface area contributed by atoms with E-state index in [1.54, 1.807) is 0 Å². The number of aromatic nitrogens is 3. The lowest BCUT2D eigenvalue weighted by molar-refractivity contribution is 0.408. The maximum absolute atomic E-state index is 9.39. The Kier molecular flexibility index (Phi) is 6.24. The summed E-state index contributed by atoms with van der Waals surface area (Å²) in [5.41, 5.74) is 3.63. The summed E-state index contributed by atoms with van der Waals surface area (Å²) in [6.45, 7) is 11.3. The Morgan fingerprint density at radius 2 is 2.09 bits per heavy atom. The highest BCUT2D eigenvalue weighted by molar-refractivity contribution is 5.94. The van der Waals surface area contributed by atoms with E-state index in [0.29, 0.717) is 11.6 Å². The zero-order valence-electron chi connectivity index (χ0n) is 19.6. The molecule has 0 bridgehead atoms. The first kappa shape index (κ1) is 22.0. The van der Waals surface area contributed by atoms with Gasteiger partial charge in [0.25, 0.3) is 0 Å². The van der Waals surface area contributed by atoms with Crippen LogP contribution >= 0.6 is 0 Å². The monoisotopic (exact) mass is 429 g/mol. The van der Waals surface area contributed by atoms with Gasteiger partial charge in [-0.15, -0.1) is 5.10 Å². The number of fused-ring (bicyclic) bond motifs is 1. The van der Waals surface area contributed by atoms with Crippen molar-refractivity contribution in [2.75, 3.05) is 36.9 Å². The van der Waals surface area contributed by atoms with Gasteiger partial charge in [0.1, 0.15) is 5.82 Å². The number of anilines is 2. The minimum absolute atomic E-state index is 0.0223. The van der Waals surface area contributed by atoms with Gasteiger partial charge in [-0.1, -0.05) is 12.1 Å². The predicted octanol–water partition coefficient (Wildman–Crippen LogP) is 4.22. The fourth-order valence-corrected chi connectivity index (χ4v) is 4.72. The zero-order valence-corrected chi connectivity index (χ0v) is 19.6. The van der Waals surface area contributed by atoms with Gasteiger partial charge in [-0.05, 0) is 71.0 Å². The molecule has 2 aromatic heterocycles. The van der Waals surface area contributed by atoms with E-state index in [-0.39, 0.29) is 6.04 Å². The van der Waals surface area contributed by atoms with Crippen LogP contribution in [0.5, 0.6) is 0 Å². The number of aryl methyl sites for hydroxylation is 1. The molecule has 3 aromatic rings. The van der Waals surface area contributed by atoms with Crippen LogP contribution < -0.4 is 10.2 Å². The highest BCUT2D eigenvalue weighted by Crippen LogP contribution is 2.31. The quantitative estimate of drug-likeness (QED) is 0.628. The lowest BCUT2D eigenvalue weighted by atomic mass is 9.98. The second-order valence-electron chi connectivity index (χ2n) is 8.71. The third-order valence-corrected chi connectivity index (χ3v) is 6.59. The van der Waals surface area contributed by atoms with Crippen molar-refractivity contribution in [2.24, 2.45) is 0 Å². The number of nitriles is 1. The summed E-state index contributed by atoms with van der Waals surface area (Å²) < 4.78 is 0. The molecule has 0 unspecified atom stereocenters. The van der Waals surface area contributed by atoms with Crippen molar-refractivity contribution in [2.45, 2.75) is 46.2 Å². The van der Waals surface area contributed by atoms with Crippen molar-refractivity contribution < 1.29 is 0 Å². The molecule has 32 heavy (non-hydrogen) atoms. The maximum atomic E-state index is 9.39. The predicted molar refractivity (Wildman–Crippen MR) is 129 cm³/mol. The largest absolute Gasteiger partial charge is 0.362 e. The number of benzene rings is 1. The molecular formula is C25H31N7. The molecule has 1 saturated heterocycles. The molecule has 166 valence electrons. The van der Waals surface area contributed by atoms with Crippen LogP contribution in [-0.2, 0) is 0 Å². The van der Waals surface area contributed by atoms with Gasteiger partial charge in [0, 0.05) is 36.1 Å². The van der Waals surface area contributed by atoms with Crippen LogP contribution in [0.3, 0.4) is 0 Å². The molecule has 7 nitrogen and oxygen atoms in total. The number of pyridine rings is 1. The van der Waals surface area contributed by atoms with Crippen LogP contribution in [0.2, 0.25) is 0 Å². The van der Waals surface area contributed by atoms with Crippen molar-refractivity contribution >= 4 is 22.4 Å². The number of nitrogens with one attached hydrogen (secondary N) is 1. The molecule has 0 radical (unpaired) electrons. The van der Waals surface area contributed by atoms with Crippen molar-refractivity contribution in [3.05, 3.63) is 52.8 Å². The summed E-state index contributed by atoms with van der Waals surface area (Å²) in [5, 5.41) is 23.8. The Labute approximate surface area is 190 Å². The fraction of sp³-hybridized carbons (Fsp3) is 0.440. The Bertz CT molecular complexity index is 1170. The summed E-state index contributed by atoms with van der Waals surface area (Å²) in [4.78, 5) is 9.57. The first-order chi connectivity index (χ1) is 15.4. The SMILES string of the molecule is CCN(c1cc2c(N[C@H](C)c3cccc(C#N)c3C)nnc(C)c2cn1)[C@@H]1CCN(C)C1. The van der Waals surface area contributed by atoms with Crippen LogP contribution in [0.1, 0.15) is 48.7 Å². The number of likely N-dealkylation sites (tertiary alicyclic amines) is 1. The summed E-state index contributed by atoms with van der Waals surface area (Å²) >= 11 is 0. The van der Waals surface area contributed by atoms with Crippen molar-refractivity contribution in [3.8, 4) is 6.07 Å². The van der Waals surface area contributed by atoms with Crippen LogP contribution in [0.15, 0.2) is 30.5 Å². The highest BCUT2D eigenvalue weighted by Gasteiger charge is 2.26. The molecule has 0 amide bonds. The molecule has 4 rings (SSSR count). The average molecular weight is 430 g/mol. The molecule has 1 N–H and O–H groups in total. The topological polar surface area (TPSA) is 81.0 Å². The van der Waals surface area contributed by atoms with Gasteiger partial charge >= 0.3 is 0 Å². The Morgan fingerprint density at radius 3 is 2.78 bits per heavy atom. The number of likely N-dealkylation sites (N-methyl/N-ethyl adjacent to an activating group) is 2. The van der Waals surface area contributed by atoms with Crippen LogP contribution in [-0.4, -0.2) is 52.8 Å². The van der Waals surface area contributed by atoms with Gasteiger partial charge in [-0.3, -0.25) is 0 Å². The number of hydrogen-bond acceptors (Lipinski definition) is 7. The standard InChI is InChI=1S/C25H31N7/c1-6-32(20-10-11-31(5)15-20)24-12-22-23(14-27-24)18(4)29-30-25(22)28-17(3)21-9-7-8-19(13-26)16(21)2/h7-9,12,14,17,20H,6,10-11,15H2,1-5H3,(H,28,30)/t17-,20-/m1/s1.